The highest BCUT2D eigenvalue weighted by atomic mass is 35.5. The minimum absolute atomic E-state index is 0. The van der Waals surface area contributed by atoms with E-state index in [1.54, 1.807) is 12.5 Å². The van der Waals surface area contributed by atoms with E-state index in [0.29, 0.717) is 11.8 Å². The number of hydrogen-bond acceptors (Lipinski definition) is 3. The smallest absolute Gasteiger partial charge is 0.253 e. The number of rotatable bonds is 2. The molecule has 0 saturated carbocycles. The van der Waals surface area contributed by atoms with E-state index in [9.17, 15) is 4.79 Å². The second kappa shape index (κ2) is 7.34. The number of amides is 1. The third-order valence-corrected chi connectivity index (χ3v) is 4.59. The first kappa shape index (κ1) is 17.8. The standard InChI is InChI=1S/C16H18N4O.2ClH/c21-16(20-9-13-7-18-8-14(13)10-20)12-1-3-15(4-2-12)19-6-5-17-11-19;;/h1-6,11,13-14,18H,7-10H2;2*1H/t13-,14+;;. The lowest BCUT2D eigenvalue weighted by molar-refractivity contribution is 0.0781. The quantitative estimate of drug-likeness (QED) is 0.897. The van der Waals surface area contributed by atoms with Crippen molar-refractivity contribution >= 4 is 30.7 Å². The number of hydrogen-bond donors (Lipinski definition) is 1. The monoisotopic (exact) mass is 354 g/mol. The minimum atomic E-state index is 0. The fraction of sp³-hybridized carbons (Fsp3) is 0.375. The van der Waals surface area contributed by atoms with Crippen LogP contribution in [0.15, 0.2) is 43.0 Å². The van der Waals surface area contributed by atoms with Gasteiger partial charge in [0, 0.05) is 49.8 Å². The van der Waals surface area contributed by atoms with E-state index >= 15 is 0 Å². The van der Waals surface area contributed by atoms with Gasteiger partial charge in [-0.05, 0) is 36.1 Å². The van der Waals surface area contributed by atoms with Gasteiger partial charge in [0.25, 0.3) is 5.91 Å². The van der Waals surface area contributed by atoms with Gasteiger partial charge in [-0.25, -0.2) is 4.98 Å². The van der Waals surface area contributed by atoms with Crippen LogP contribution in [0.5, 0.6) is 0 Å². The number of aromatic nitrogens is 2. The summed E-state index contributed by atoms with van der Waals surface area (Å²) in [6.07, 6.45) is 5.40. The Labute approximate surface area is 147 Å². The van der Waals surface area contributed by atoms with Gasteiger partial charge in [0.1, 0.15) is 0 Å². The summed E-state index contributed by atoms with van der Waals surface area (Å²) in [5, 5.41) is 3.40. The maximum absolute atomic E-state index is 12.6. The number of benzene rings is 1. The van der Waals surface area contributed by atoms with Crippen LogP contribution in [0.2, 0.25) is 0 Å². The maximum atomic E-state index is 12.6. The van der Waals surface area contributed by atoms with Crippen LogP contribution in [0.4, 0.5) is 0 Å². The molecule has 2 atom stereocenters. The highest BCUT2D eigenvalue weighted by Crippen LogP contribution is 2.27. The molecule has 2 saturated heterocycles. The van der Waals surface area contributed by atoms with Gasteiger partial charge in [0.15, 0.2) is 0 Å². The van der Waals surface area contributed by atoms with Crippen LogP contribution in [-0.2, 0) is 0 Å². The molecular formula is C16H20Cl2N4O. The molecule has 2 aromatic rings. The number of carbonyl (C=O) groups is 1. The highest BCUT2D eigenvalue weighted by molar-refractivity contribution is 5.94. The van der Waals surface area contributed by atoms with E-state index in [1.807, 2.05) is 39.9 Å². The Kier molecular flexibility index (Phi) is 5.68. The van der Waals surface area contributed by atoms with Gasteiger partial charge in [-0.2, -0.15) is 0 Å². The third-order valence-electron chi connectivity index (χ3n) is 4.59. The van der Waals surface area contributed by atoms with Crippen molar-refractivity contribution in [3.8, 4) is 5.69 Å². The Hall–Kier alpha value is -1.56. The molecule has 0 spiro atoms. The summed E-state index contributed by atoms with van der Waals surface area (Å²) in [5.41, 5.74) is 1.79. The molecule has 4 rings (SSSR count). The lowest BCUT2D eigenvalue weighted by Gasteiger charge is -2.17. The maximum Gasteiger partial charge on any atom is 0.253 e. The first-order valence-corrected chi connectivity index (χ1v) is 7.39. The normalized spacial score (nSPS) is 22.2. The Morgan fingerprint density at radius 2 is 1.74 bits per heavy atom. The van der Waals surface area contributed by atoms with Crippen LogP contribution in [-0.4, -0.2) is 46.5 Å². The summed E-state index contributed by atoms with van der Waals surface area (Å²) in [4.78, 5) is 18.6. The van der Waals surface area contributed by atoms with E-state index in [2.05, 4.69) is 10.3 Å². The van der Waals surface area contributed by atoms with Gasteiger partial charge in [0.2, 0.25) is 0 Å². The summed E-state index contributed by atoms with van der Waals surface area (Å²) < 4.78 is 1.93. The van der Waals surface area contributed by atoms with E-state index in [-0.39, 0.29) is 30.7 Å². The van der Waals surface area contributed by atoms with E-state index in [1.165, 1.54) is 0 Å². The largest absolute Gasteiger partial charge is 0.338 e. The first-order valence-electron chi connectivity index (χ1n) is 7.39. The molecule has 1 N–H and O–H groups in total. The number of likely N-dealkylation sites (tertiary alicyclic amines) is 1. The summed E-state index contributed by atoms with van der Waals surface area (Å²) in [6, 6.07) is 7.74. The molecule has 1 amide bonds. The van der Waals surface area contributed by atoms with Crippen LogP contribution in [0.1, 0.15) is 10.4 Å². The van der Waals surface area contributed by atoms with Gasteiger partial charge < -0.3 is 14.8 Å². The van der Waals surface area contributed by atoms with E-state index < -0.39 is 0 Å². The van der Waals surface area contributed by atoms with Crippen LogP contribution >= 0.6 is 24.8 Å². The van der Waals surface area contributed by atoms with Crippen molar-refractivity contribution in [3.63, 3.8) is 0 Å². The Bertz CT molecular complexity index is 633. The van der Waals surface area contributed by atoms with Crippen molar-refractivity contribution in [2.45, 2.75) is 0 Å². The van der Waals surface area contributed by atoms with Crippen molar-refractivity contribution in [1.82, 2.24) is 19.8 Å². The van der Waals surface area contributed by atoms with E-state index in [0.717, 1.165) is 37.4 Å². The van der Waals surface area contributed by atoms with E-state index in [4.69, 9.17) is 0 Å². The molecule has 0 radical (unpaired) electrons. The van der Waals surface area contributed by atoms with Crippen molar-refractivity contribution < 1.29 is 4.79 Å². The number of fused-ring (bicyclic) bond motifs is 1. The number of nitrogens with one attached hydrogen (secondary N) is 1. The van der Waals surface area contributed by atoms with Gasteiger partial charge in [-0.1, -0.05) is 0 Å². The molecule has 1 aromatic heterocycles. The molecule has 3 heterocycles. The predicted octanol–water partition coefficient (Wildman–Crippen LogP) is 2.01. The van der Waals surface area contributed by atoms with Crippen molar-refractivity contribution in [1.29, 1.82) is 0 Å². The zero-order chi connectivity index (χ0) is 14.2. The predicted molar refractivity (Wildman–Crippen MR) is 93.8 cm³/mol. The SMILES string of the molecule is Cl.Cl.O=C(c1ccc(-n2ccnc2)cc1)N1C[C@H]2CNC[C@H]2C1. The lowest BCUT2D eigenvalue weighted by atomic mass is 10.0. The molecule has 23 heavy (non-hydrogen) atoms. The van der Waals surface area contributed by atoms with Crippen LogP contribution in [0.3, 0.4) is 0 Å². The average molecular weight is 355 g/mol. The fourth-order valence-corrected chi connectivity index (χ4v) is 3.39. The lowest BCUT2D eigenvalue weighted by Crippen LogP contribution is -2.31. The molecule has 2 aliphatic rings. The average Bonchev–Trinajstić information content (AvgIpc) is 3.23. The van der Waals surface area contributed by atoms with Gasteiger partial charge in [-0.3, -0.25) is 4.79 Å². The molecule has 0 unspecified atom stereocenters. The topological polar surface area (TPSA) is 50.2 Å². The molecule has 5 nitrogen and oxygen atoms in total. The molecule has 124 valence electrons. The number of carbonyl (C=O) groups excluding carboxylic acids is 1. The first-order chi connectivity index (χ1) is 10.3. The van der Waals surface area contributed by atoms with Crippen LogP contribution in [0, 0.1) is 11.8 Å². The van der Waals surface area contributed by atoms with Crippen LogP contribution in [0.25, 0.3) is 5.69 Å². The Balaban J connectivity index is 0.000000960. The number of nitrogens with zero attached hydrogens (tertiary/aromatic N) is 3. The summed E-state index contributed by atoms with van der Waals surface area (Å²) >= 11 is 0. The van der Waals surface area contributed by atoms with Gasteiger partial charge in [-0.15, -0.1) is 24.8 Å². The van der Waals surface area contributed by atoms with Gasteiger partial charge in [0.05, 0.1) is 6.33 Å². The number of imidazole rings is 1. The fourth-order valence-electron chi connectivity index (χ4n) is 3.39. The Morgan fingerprint density at radius 1 is 1.09 bits per heavy atom. The molecular weight excluding hydrogens is 335 g/mol. The second-order valence-electron chi connectivity index (χ2n) is 5.91. The Morgan fingerprint density at radius 3 is 2.30 bits per heavy atom. The van der Waals surface area contributed by atoms with Crippen molar-refractivity contribution in [2.24, 2.45) is 11.8 Å². The second-order valence-corrected chi connectivity index (χ2v) is 5.91. The summed E-state index contributed by atoms with van der Waals surface area (Å²) in [6.45, 7) is 3.88. The molecule has 7 heteroatoms. The summed E-state index contributed by atoms with van der Waals surface area (Å²) in [5.74, 6) is 1.43. The molecule has 0 aliphatic carbocycles. The molecule has 2 fully saturated rings. The zero-order valence-corrected chi connectivity index (χ0v) is 14.2. The molecule has 1 aromatic carbocycles. The zero-order valence-electron chi connectivity index (χ0n) is 12.6. The number of halogens is 2. The third kappa shape index (κ3) is 3.37. The summed E-state index contributed by atoms with van der Waals surface area (Å²) in [7, 11) is 0. The van der Waals surface area contributed by atoms with Crippen LogP contribution < -0.4 is 5.32 Å². The van der Waals surface area contributed by atoms with Crippen molar-refractivity contribution in [2.75, 3.05) is 26.2 Å². The molecule has 2 aliphatic heterocycles. The van der Waals surface area contributed by atoms with Crippen molar-refractivity contribution in [3.05, 3.63) is 48.5 Å². The molecule has 0 bridgehead atoms. The highest BCUT2D eigenvalue weighted by Gasteiger charge is 2.38. The van der Waals surface area contributed by atoms with Gasteiger partial charge >= 0.3 is 0 Å². The minimum Gasteiger partial charge on any atom is -0.338 e.